The van der Waals surface area contributed by atoms with Crippen LogP contribution < -0.4 is 4.74 Å². The number of halogens is 3. The second-order valence-electron chi connectivity index (χ2n) is 4.14. The van der Waals surface area contributed by atoms with E-state index in [9.17, 15) is 18.0 Å². The van der Waals surface area contributed by atoms with Crippen LogP contribution >= 0.6 is 0 Å². The summed E-state index contributed by atoms with van der Waals surface area (Å²) in [5.74, 6) is 0.406. The Balaban J connectivity index is 2.57. The fourth-order valence-electron chi connectivity index (χ4n) is 1.82. The maximum atomic E-state index is 12.6. The predicted molar refractivity (Wildman–Crippen MR) is 65.6 cm³/mol. The van der Waals surface area contributed by atoms with Crippen LogP contribution in [0.4, 0.5) is 13.2 Å². The predicted octanol–water partition coefficient (Wildman–Crippen LogP) is 2.93. The van der Waals surface area contributed by atoms with Crippen molar-refractivity contribution in [3.63, 3.8) is 0 Å². The van der Waals surface area contributed by atoms with Gasteiger partial charge in [0, 0.05) is 18.8 Å². The summed E-state index contributed by atoms with van der Waals surface area (Å²) in [4.78, 5) is 14.3. The highest BCUT2D eigenvalue weighted by Crippen LogP contribution is 2.34. The molecule has 20 heavy (non-hydrogen) atoms. The highest BCUT2D eigenvalue weighted by atomic mass is 19.4. The van der Waals surface area contributed by atoms with Crippen molar-refractivity contribution in [1.29, 1.82) is 0 Å². The summed E-state index contributed by atoms with van der Waals surface area (Å²) in [7, 11) is 2.84. The summed E-state index contributed by atoms with van der Waals surface area (Å²) in [5.41, 5.74) is -0.219. The summed E-state index contributed by atoms with van der Waals surface area (Å²) in [6, 6.07) is 4.45. The molecule has 0 saturated heterocycles. The number of imidazole rings is 1. The van der Waals surface area contributed by atoms with Gasteiger partial charge in [-0.3, -0.25) is 4.79 Å². The van der Waals surface area contributed by atoms with Gasteiger partial charge in [0.2, 0.25) is 0 Å². The van der Waals surface area contributed by atoms with Crippen molar-refractivity contribution in [3.05, 3.63) is 35.7 Å². The summed E-state index contributed by atoms with van der Waals surface area (Å²) in [6.07, 6.45) is -2.97. The van der Waals surface area contributed by atoms with Gasteiger partial charge >= 0.3 is 6.18 Å². The minimum absolute atomic E-state index is 0.117. The molecule has 0 aliphatic carbocycles. The Morgan fingerprint density at radius 2 is 2.05 bits per heavy atom. The third-order valence-electron chi connectivity index (χ3n) is 2.77. The molecule has 0 amide bonds. The van der Waals surface area contributed by atoms with Crippen molar-refractivity contribution in [2.45, 2.75) is 6.18 Å². The Hall–Kier alpha value is -2.31. The molecule has 0 N–H and O–H groups in total. The van der Waals surface area contributed by atoms with E-state index in [2.05, 4.69) is 4.98 Å². The van der Waals surface area contributed by atoms with E-state index in [1.165, 1.54) is 36.9 Å². The monoisotopic (exact) mass is 284 g/mol. The van der Waals surface area contributed by atoms with Crippen LogP contribution in [0.1, 0.15) is 16.1 Å². The van der Waals surface area contributed by atoms with E-state index in [0.29, 0.717) is 17.4 Å². The molecule has 106 valence electrons. The number of ether oxygens (including phenoxy) is 1. The number of nitrogens with zero attached hydrogens (tertiary/aromatic N) is 2. The topological polar surface area (TPSA) is 44.1 Å². The third kappa shape index (κ3) is 2.52. The highest BCUT2D eigenvalue weighted by Gasteiger charge is 2.34. The van der Waals surface area contributed by atoms with Gasteiger partial charge in [0.05, 0.1) is 12.7 Å². The Morgan fingerprint density at radius 3 is 2.55 bits per heavy atom. The number of hydrogen-bond donors (Lipinski definition) is 0. The van der Waals surface area contributed by atoms with Crippen molar-refractivity contribution >= 4 is 6.29 Å². The van der Waals surface area contributed by atoms with E-state index in [1.807, 2.05) is 0 Å². The van der Waals surface area contributed by atoms with Crippen LogP contribution in [0.15, 0.2) is 24.4 Å². The molecule has 0 fully saturated rings. The SMILES string of the molecule is COc1cc(C=O)ccc1-c1nc(C(F)(F)F)cn1C. The van der Waals surface area contributed by atoms with Crippen molar-refractivity contribution in [1.82, 2.24) is 9.55 Å². The van der Waals surface area contributed by atoms with Crippen LogP contribution in [0.2, 0.25) is 0 Å². The number of methoxy groups -OCH3 is 1. The smallest absolute Gasteiger partial charge is 0.434 e. The normalized spacial score (nSPS) is 11.4. The fraction of sp³-hybridized carbons (Fsp3) is 0.231. The highest BCUT2D eigenvalue weighted by molar-refractivity contribution is 5.79. The average Bonchev–Trinajstić information content (AvgIpc) is 2.80. The lowest BCUT2D eigenvalue weighted by Gasteiger charge is -2.08. The molecular weight excluding hydrogens is 273 g/mol. The first-order valence-corrected chi connectivity index (χ1v) is 5.61. The minimum atomic E-state index is -4.51. The maximum Gasteiger partial charge on any atom is 0.434 e. The van der Waals surface area contributed by atoms with E-state index < -0.39 is 11.9 Å². The molecule has 4 nitrogen and oxygen atoms in total. The van der Waals surface area contributed by atoms with E-state index in [1.54, 1.807) is 0 Å². The van der Waals surface area contributed by atoms with Gasteiger partial charge in [-0.2, -0.15) is 13.2 Å². The van der Waals surface area contributed by atoms with Gasteiger partial charge in [0.1, 0.15) is 17.9 Å². The van der Waals surface area contributed by atoms with Crippen LogP contribution in [0.25, 0.3) is 11.4 Å². The number of aryl methyl sites for hydroxylation is 1. The van der Waals surface area contributed by atoms with Crippen molar-refractivity contribution < 1.29 is 22.7 Å². The Labute approximate surface area is 112 Å². The second kappa shape index (κ2) is 4.99. The van der Waals surface area contributed by atoms with Crippen LogP contribution in [-0.4, -0.2) is 22.9 Å². The minimum Gasteiger partial charge on any atom is -0.496 e. The van der Waals surface area contributed by atoms with Gasteiger partial charge in [-0.25, -0.2) is 4.98 Å². The van der Waals surface area contributed by atoms with Crippen LogP contribution in [0, 0.1) is 0 Å². The molecule has 0 aliphatic rings. The van der Waals surface area contributed by atoms with Gasteiger partial charge in [-0.1, -0.05) is 6.07 Å². The van der Waals surface area contributed by atoms with Gasteiger partial charge in [0.25, 0.3) is 0 Å². The largest absolute Gasteiger partial charge is 0.496 e. The molecule has 0 atom stereocenters. The molecule has 0 aliphatic heterocycles. The maximum absolute atomic E-state index is 12.6. The molecule has 0 saturated carbocycles. The summed E-state index contributed by atoms with van der Waals surface area (Å²) in [6.45, 7) is 0. The van der Waals surface area contributed by atoms with Crippen molar-refractivity contribution in [2.24, 2.45) is 7.05 Å². The zero-order chi connectivity index (χ0) is 14.9. The Kier molecular flexibility index (Phi) is 3.52. The molecule has 1 aromatic heterocycles. The Morgan fingerprint density at radius 1 is 1.35 bits per heavy atom. The number of carbonyl (C=O) groups is 1. The number of aldehydes is 1. The molecule has 1 heterocycles. The lowest BCUT2D eigenvalue weighted by molar-refractivity contribution is -0.140. The molecular formula is C13H11F3N2O2. The summed E-state index contributed by atoms with van der Waals surface area (Å²) < 4.78 is 44.3. The molecule has 2 rings (SSSR count). The van der Waals surface area contributed by atoms with Crippen LogP contribution in [0.3, 0.4) is 0 Å². The lowest BCUT2D eigenvalue weighted by Crippen LogP contribution is -2.05. The standard InChI is InChI=1S/C13H11F3N2O2/c1-18-6-11(13(14,15)16)17-12(18)9-4-3-8(7-19)5-10(9)20-2/h3-7H,1-2H3. The molecule has 2 aromatic rings. The number of rotatable bonds is 3. The number of alkyl halides is 3. The zero-order valence-electron chi connectivity index (χ0n) is 10.7. The van der Waals surface area contributed by atoms with Gasteiger partial charge in [-0.15, -0.1) is 0 Å². The van der Waals surface area contributed by atoms with Crippen molar-refractivity contribution in [2.75, 3.05) is 7.11 Å². The molecule has 1 aromatic carbocycles. The van der Waals surface area contributed by atoms with Gasteiger partial charge in [0.15, 0.2) is 5.69 Å². The molecule has 0 bridgehead atoms. The van der Waals surface area contributed by atoms with E-state index in [-0.39, 0.29) is 11.6 Å². The third-order valence-corrected chi connectivity index (χ3v) is 2.77. The first-order chi connectivity index (χ1) is 9.36. The Bertz CT molecular complexity index is 648. The number of benzene rings is 1. The van der Waals surface area contributed by atoms with Crippen LogP contribution in [0.5, 0.6) is 5.75 Å². The molecule has 7 heteroatoms. The first-order valence-electron chi connectivity index (χ1n) is 5.61. The van der Waals surface area contributed by atoms with Gasteiger partial charge in [-0.05, 0) is 12.1 Å². The van der Waals surface area contributed by atoms with Crippen LogP contribution in [-0.2, 0) is 13.2 Å². The number of carbonyl (C=O) groups excluding carboxylic acids is 1. The van der Waals surface area contributed by atoms with Crippen molar-refractivity contribution in [3.8, 4) is 17.1 Å². The molecule has 0 spiro atoms. The van der Waals surface area contributed by atoms with E-state index in [0.717, 1.165) is 6.20 Å². The summed E-state index contributed by atoms with van der Waals surface area (Å²) >= 11 is 0. The fourth-order valence-corrected chi connectivity index (χ4v) is 1.82. The second-order valence-corrected chi connectivity index (χ2v) is 4.14. The molecule has 0 unspecified atom stereocenters. The summed E-state index contributed by atoms with van der Waals surface area (Å²) in [5, 5.41) is 0. The quantitative estimate of drug-likeness (QED) is 0.814. The molecule has 0 radical (unpaired) electrons. The van der Waals surface area contributed by atoms with E-state index >= 15 is 0 Å². The number of aromatic nitrogens is 2. The van der Waals surface area contributed by atoms with Gasteiger partial charge < -0.3 is 9.30 Å². The average molecular weight is 284 g/mol. The lowest BCUT2D eigenvalue weighted by atomic mass is 10.1. The first kappa shape index (κ1) is 14.1. The number of hydrogen-bond acceptors (Lipinski definition) is 3. The van der Waals surface area contributed by atoms with E-state index in [4.69, 9.17) is 4.74 Å². The zero-order valence-corrected chi connectivity index (χ0v) is 10.7.